The van der Waals surface area contributed by atoms with Crippen LogP contribution in [0, 0.1) is 5.92 Å². The van der Waals surface area contributed by atoms with Crippen molar-refractivity contribution >= 4 is 11.9 Å². The zero-order chi connectivity index (χ0) is 26.7. The molecule has 0 radical (unpaired) electrons. The summed E-state index contributed by atoms with van der Waals surface area (Å²) in [7, 11) is 3.07. The zero-order valence-corrected chi connectivity index (χ0v) is 23.0. The Kier molecular flexibility index (Phi) is 10.6. The van der Waals surface area contributed by atoms with Gasteiger partial charge in [0.05, 0.1) is 20.3 Å². The Bertz CT molecular complexity index is 1050. The van der Waals surface area contributed by atoms with Gasteiger partial charge < -0.3 is 19.2 Å². The molecular formula is C30H45N3O5. The number of hydrogen-bond donors (Lipinski definition) is 1. The van der Waals surface area contributed by atoms with Crippen molar-refractivity contribution in [2.45, 2.75) is 89.6 Å². The lowest BCUT2D eigenvalue weighted by Crippen LogP contribution is -2.26. The lowest BCUT2D eigenvalue weighted by Gasteiger charge is -2.23. The lowest BCUT2D eigenvalue weighted by atomic mass is 9.86. The van der Waals surface area contributed by atoms with Crippen molar-refractivity contribution in [2.24, 2.45) is 5.92 Å². The Hall–Kier alpha value is -2.87. The minimum atomic E-state index is -0.222. The van der Waals surface area contributed by atoms with Gasteiger partial charge in [0.1, 0.15) is 12.0 Å². The molecule has 1 atom stereocenters. The van der Waals surface area contributed by atoms with Gasteiger partial charge in [-0.25, -0.2) is 4.98 Å². The molecule has 2 fully saturated rings. The fourth-order valence-electron chi connectivity index (χ4n) is 5.84. The second-order valence-electron chi connectivity index (χ2n) is 10.7. The maximum absolute atomic E-state index is 12.7. The Morgan fingerprint density at radius 3 is 2.74 bits per heavy atom. The van der Waals surface area contributed by atoms with Crippen molar-refractivity contribution < 1.29 is 24.9 Å². The van der Waals surface area contributed by atoms with Crippen LogP contribution in [0.1, 0.15) is 106 Å². The minimum Gasteiger partial charge on any atom is -0.497 e. The van der Waals surface area contributed by atoms with Gasteiger partial charge in [0.2, 0.25) is 5.89 Å². The average Bonchev–Trinajstić information content (AvgIpc) is 3.62. The molecule has 1 aromatic carbocycles. The van der Waals surface area contributed by atoms with Crippen molar-refractivity contribution in [3.63, 3.8) is 0 Å². The van der Waals surface area contributed by atoms with E-state index in [1.807, 2.05) is 18.2 Å². The van der Waals surface area contributed by atoms with Gasteiger partial charge in [-0.05, 0) is 61.4 Å². The van der Waals surface area contributed by atoms with Crippen LogP contribution in [0.25, 0.3) is 0 Å². The van der Waals surface area contributed by atoms with Crippen LogP contribution in [0.3, 0.4) is 0 Å². The molecule has 8 heteroatoms. The summed E-state index contributed by atoms with van der Waals surface area (Å²) in [4.78, 5) is 31.3. The van der Waals surface area contributed by atoms with Gasteiger partial charge in [-0.15, -0.1) is 0 Å². The highest BCUT2D eigenvalue weighted by Crippen LogP contribution is 2.34. The number of nitrogens with zero attached hydrogens (tertiary/aromatic N) is 2. The normalized spacial score (nSPS) is 18.4. The monoisotopic (exact) mass is 527 g/mol. The van der Waals surface area contributed by atoms with Crippen LogP contribution in [0.2, 0.25) is 0 Å². The SMILES string of the molecule is COC(=O)CCc1ccc(OC)cc1CN1CCCC1c1nc(C(=O)NCCCCC2CCCCC2)co1.[HH]. The molecule has 1 saturated carbocycles. The van der Waals surface area contributed by atoms with E-state index < -0.39 is 0 Å². The van der Waals surface area contributed by atoms with Crippen molar-refractivity contribution in [1.29, 1.82) is 0 Å². The van der Waals surface area contributed by atoms with Crippen LogP contribution >= 0.6 is 0 Å². The quantitative estimate of drug-likeness (QED) is 0.258. The van der Waals surface area contributed by atoms with E-state index in [9.17, 15) is 9.59 Å². The molecule has 1 unspecified atom stereocenters. The first-order chi connectivity index (χ1) is 18.6. The molecule has 1 saturated heterocycles. The van der Waals surface area contributed by atoms with Crippen molar-refractivity contribution in [3.8, 4) is 5.75 Å². The maximum Gasteiger partial charge on any atom is 0.305 e. The number of benzene rings is 1. The molecule has 2 aliphatic rings. The second-order valence-corrected chi connectivity index (χ2v) is 10.7. The summed E-state index contributed by atoms with van der Waals surface area (Å²) in [5, 5.41) is 3.01. The van der Waals surface area contributed by atoms with Crippen LogP contribution in [-0.4, -0.2) is 49.1 Å². The summed E-state index contributed by atoms with van der Waals surface area (Å²) < 4.78 is 16.1. The first kappa shape index (κ1) is 28.1. The molecule has 0 bridgehead atoms. The number of unbranched alkanes of at least 4 members (excludes halogenated alkanes) is 1. The lowest BCUT2D eigenvalue weighted by molar-refractivity contribution is -0.140. The number of oxazole rings is 1. The van der Waals surface area contributed by atoms with E-state index in [4.69, 9.17) is 13.9 Å². The third-order valence-electron chi connectivity index (χ3n) is 8.07. The standard InChI is InChI=1S/C30H43N3O5.H2/c1-36-25-15-13-23(14-16-28(34)37-2)24(19-25)20-33-18-8-12-27(33)30-32-26(21-38-30)29(35)31-17-7-6-11-22-9-4-3-5-10-22;/h13,15,19,21-22,27H,3-12,14,16-18,20H2,1-2H3,(H,31,35);1H. The number of rotatable bonds is 13. The predicted octanol–water partition coefficient (Wildman–Crippen LogP) is 5.85. The van der Waals surface area contributed by atoms with E-state index in [0.29, 0.717) is 37.5 Å². The summed E-state index contributed by atoms with van der Waals surface area (Å²) in [6.45, 7) is 2.26. The Labute approximate surface area is 227 Å². The number of esters is 1. The highest BCUT2D eigenvalue weighted by atomic mass is 16.5. The van der Waals surface area contributed by atoms with Gasteiger partial charge in [0, 0.05) is 20.9 Å². The van der Waals surface area contributed by atoms with Crippen molar-refractivity contribution in [2.75, 3.05) is 27.3 Å². The topological polar surface area (TPSA) is 93.9 Å². The number of likely N-dealkylation sites (tertiary alicyclic amines) is 1. The largest absolute Gasteiger partial charge is 0.497 e. The molecule has 0 spiro atoms. The number of aryl methyl sites for hydroxylation is 1. The number of methoxy groups -OCH3 is 2. The number of aromatic nitrogens is 1. The van der Waals surface area contributed by atoms with E-state index in [2.05, 4.69) is 15.2 Å². The fraction of sp³-hybridized carbons (Fsp3) is 0.633. The van der Waals surface area contributed by atoms with Gasteiger partial charge in [-0.1, -0.05) is 51.0 Å². The second kappa shape index (κ2) is 14.3. The fourth-order valence-corrected chi connectivity index (χ4v) is 5.84. The molecule has 1 aliphatic heterocycles. The Morgan fingerprint density at radius 2 is 1.95 bits per heavy atom. The molecule has 210 valence electrons. The highest BCUT2D eigenvalue weighted by molar-refractivity contribution is 5.91. The Morgan fingerprint density at radius 1 is 1.11 bits per heavy atom. The smallest absolute Gasteiger partial charge is 0.305 e. The molecule has 8 nitrogen and oxygen atoms in total. The number of nitrogens with one attached hydrogen (secondary N) is 1. The Balaban J connectivity index is 0.00000420. The van der Waals surface area contributed by atoms with Crippen LogP contribution < -0.4 is 10.1 Å². The molecule has 1 amide bonds. The van der Waals surface area contributed by atoms with Gasteiger partial charge in [-0.3, -0.25) is 14.5 Å². The van der Waals surface area contributed by atoms with Crippen LogP contribution in [-0.2, 0) is 22.5 Å². The van der Waals surface area contributed by atoms with Crippen LogP contribution in [0.15, 0.2) is 28.9 Å². The highest BCUT2D eigenvalue weighted by Gasteiger charge is 2.31. The van der Waals surface area contributed by atoms with Crippen molar-refractivity contribution in [3.05, 3.63) is 47.2 Å². The number of carbonyl (C=O) groups is 2. The third kappa shape index (κ3) is 7.82. The molecule has 1 N–H and O–H groups in total. The van der Waals surface area contributed by atoms with E-state index in [1.54, 1.807) is 7.11 Å². The van der Waals surface area contributed by atoms with E-state index >= 15 is 0 Å². The molecule has 1 aromatic heterocycles. The molecule has 2 heterocycles. The van der Waals surface area contributed by atoms with Crippen LogP contribution in [0.5, 0.6) is 5.75 Å². The predicted molar refractivity (Wildman–Crippen MR) is 147 cm³/mol. The number of amides is 1. The van der Waals surface area contributed by atoms with Gasteiger partial charge in [0.15, 0.2) is 5.69 Å². The zero-order valence-electron chi connectivity index (χ0n) is 23.0. The summed E-state index contributed by atoms with van der Waals surface area (Å²) in [6.07, 6.45) is 14.7. The van der Waals surface area contributed by atoms with Crippen LogP contribution in [0.4, 0.5) is 0 Å². The first-order valence-electron chi connectivity index (χ1n) is 14.3. The van der Waals surface area contributed by atoms with E-state index in [0.717, 1.165) is 55.0 Å². The molecule has 4 rings (SSSR count). The average molecular weight is 528 g/mol. The molecule has 2 aromatic rings. The molecule has 1 aliphatic carbocycles. The summed E-state index contributed by atoms with van der Waals surface area (Å²) >= 11 is 0. The van der Waals surface area contributed by atoms with Gasteiger partial charge in [-0.2, -0.15) is 0 Å². The molecular weight excluding hydrogens is 482 g/mol. The van der Waals surface area contributed by atoms with E-state index in [1.165, 1.54) is 51.9 Å². The third-order valence-corrected chi connectivity index (χ3v) is 8.07. The number of carbonyl (C=O) groups excluding carboxylic acids is 2. The van der Waals surface area contributed by atoms with Gasteiger partial charge in [0.25, 0.3) is 5.91 Å². The molecule has 38 heavy (non-hydrogen) atoms. The summed E-state index contributed by atoms with van der Waals surface area (Å²) in [5.41, 5.74) is 2.55. The number of hydrogen-bond acceptors (Lipinski definition) is 7. The van der Waals surface area contributed by atoms with Crippen molar-refractivity contribution in [1.82, 2.24) is 15.2 Å². The summed E-state index contributed by atoms with van der Waals surface area (Å²) in [6, 6.07) is 5.98. The van der Waals surface area contributed by atoms with E-state index in [-0.39, 0.29) is 19.3 Å². The number of ether oxygens (including phenoxy) is 2. The maximum atomic E-state index is 12.7. The van der Waals surface area contributed by atoms with Gasteiger partial charge >= 0.3 is 5.97 Å². The summed E-state index contributed by atoms with van der Waals surface area (Å²) in [5.74, 6) is 1.86. The minimum absolute atomic E-state index is 0. The first-order valence-corrected chi connectivity index (χ1v) is 14.3.